The molecule has 6 heteroatoms. The first-order valence-corrected chi connectivity index (χ1v) is 6.59. The van der Waals surface area contributed by atoms with Gasteiger partial charge in [0.05, 0.1) is 15.5 Å². The molecule has 5 N–H and O–H groups in total. The fourth-order valence-corrected chi connectivity index (χ4v) is 2.78. The molecule has 94 valence electrons. The molecule has 0 heterocycles. The van der Waals surface area contributed by atoms with Gasteiger partial charge in [-0.3, -0.25) is 0 Å². The van der Waals surface area contributed by atoms with Crippen molar-refractivity contribution in [3.05, 3.63) is 42.5 Å². The van der Waals surface area contributed by atoms with Crippen molar-refractivity contribution in [3.8, 4) is 5.75 Å². The number of rotatable bonds is 2. The first-order chi connectivity index (χ1) is 8.41. The third kappa shape index (κ3) is 2.10. The molecule has 0 fully saturated rings. The molecule has 0 aromatic heterocycles. The Morgan fingerprint density at radius 1 is 0.889 bits per heavy atom. The fraction of sp³-hybridized carbons (Fsp3) is 0. The van der Waals surface area contributed by atoms with Gasteiger partial charge in [0.2, 0.25) is 9.84 Å². The lowest BCUT2D eigenvalue weighted by Crippen LogP contribution is -2.03. The van der Waals surface area contributed by atoms with E-state index in [1.165, 1.54) is 42.5 Å². The lowest BCUT2D eigenvalue weighted by atomic mass is 10.3. The molecule has 2 aromatic carbocycles. The van der Waals surface area contributed by atoms with Crippen LogP contribution in [-0.4, -0.2) is 13.5 Å². The number of hydrogen-bond acceptors (Lipinski definition) is 5. The van der Waals surface area contributed by atoms with Gasteiger partial charge in [-0.15, -0.1) is 0 Å². The third-order valence-corrected chi connectivity index (χ3v) is 4.27. The predicted octanol–water partition coefficient (Wildman–Crippen LogP) is 1.39. The van der Waals surface area contributed by atoms with Crippen LogP contribution in [0, 0.1) is 0 Å². The second-order valence-corrected chi connectivity index (χ2v) is 5.74. The first-order valence-electron chi connectivity index (χ1n) is 5.10. The van der Waals surface area contributed by atoms with E-state index < -0.39 is 9.84 Å². The summed E-state index contributed by atoms with van der Waals surface area (Å²) in [7, 11) is -3.64. The summed E-state index contributed by atoms with van der Waals surface area (Å²) < 4.78 is 24.5. The summed E-state index contributed by atoms with van der Waals surface area (Å²) in [4.78, 5) is 0.157. The van der Waals surface area contributed by atoms with Crippen LogP contribution in [0.15, 0.2) is 52.3 Å². The summed E-state index contributed by atoms with van der Waals surface area (Å²) in [6, 6.07) is 9.65. The van der Waals surface area contributed by atoms with Gasteiger partial charge in [0, 0.05) is 5.69 Å². The number of nitrogens with two attached hydrogens (primary N) is 2. The Morgan fingerprint density at radius 3 is 2.00 bits per heavy atom. The highest BCUT2D eigenvalue weighted by atomic mass is 32.2. The average Bonchev–Trinajstić information content (AvgIpc) is 2.33. The summed E-state index contributed by atoms with van der Waals surface area (Å²) in [6.45, 7) is 0. The van der Waals surface area contributed by atoms with Crippen LogP contribution in [0.5, 0.6) is 5.75 Å². The molecule has 0 radical (unpaired) electrons. The van der Waals surface area contributed by atoms with Crippen LogP contribution in [0.1, 0.15) is 0 Å². The van der Waals surface area contributed by atoms with Gasteiger partial charge in [0.1, 0.15) is 5.75 Å². The van der Waals surface area contributed by atoms with E-state index in [2.05, 4.69) is 0 Å². The van der Waals surface area contributed by atoms with Gasteiger partial charge in [0.25, 0.3) is 0 Å². The van der Waals surface area contributed by atoms with Crippen molar-refractivity contribution < 1.29 is 13.5 Å². The highest BCUT2D eigenvalue weighted by molar-refractivity contribution is 7.91. The SMILES string of the molecule is Nc1ccc(S(=O)(=O)c2ccc(O)c(N)c2)cc1. The van der Waals surface area contributed by atoms with Crippen molar-refractivity contribution in [3.63, 3.8) is 0 Å². The van der Waals surface area contributed by atoms with Gasteiger partial charge in [-0.25, -0.2) is 8.42 Å². The van der Waals surface area contributed by atoms with Crippen LogP contribution in [0.3, 0.4) is 0 Å². The van der Waals surface area contributed by atoms with Crippen molar-refractivity contribution in [2.24, 2.45) is 0 Å². The van der Waals surface area contributed by atoms with E-state index in [0.717, 1.165) is 0 Å². The van der Waals surface area contributed by atoms with Gasteiger partial charge >= 0.3 is 0 Å². The van der Waals surface area contributed by atoms with Crippen molar-refractivity contribution in [2.75, 3.05) is 11.5 Å². The normalized spacial score (nSPS) is 11.3. The largest absolute Gasteiger partial charge is 0.506 e. The average molecular weight is 264 g/mol. The maximum Gasteiger partial charge on any atom is 0.206 e. The Kier molecular flexibility index (Phi) is 2.88. The molecule has 0 saturated carbocycles. The summed E-state index contributed by atoms with van der Waals surface area (Å²) >= 11 is 0. The van der Waals surface area contributed by atoms with Crippen molar-refractivity contribution in [1.82, 2.24) is 0 Å². The second kappa shape index (κ2) is 4.23. The van der Waals surface area contributed by atoms with E-state index in [1.54, 1.807) is 0 Å². The smallest absolute Gasteiger partial charge is 0.206 e. The van der Waals surface area contributed by atoms with E-state index in [4.69, 9.17) is 11.5 Å². The van der Waals surface area contributed by atoms with Gasteiger partial charge in [-0.05, 0) is 42.5 Å². The van der Waals surface area contributed by atoms with Crippen molar-refractivity contribution in [1.29, 1.82) is 0 Å². The fourth-order valence-electron chi connectivity index (χ4n) is 1.48. The molecule has 0 atom stereocenters. The third-order valence-electron chi connectivity index (χ3n) is 2.50. The van der Waals surface area contributed by atoms with Crippen LogP contribution >= 0.6 is 0 Å². The van der Waals surface area contributed by atoms with E-state index in [1.807, 2.05) is 0 Å². The Morgan fingerprint density at radius 2 is 1.44 bits per heavy atom. The van der Waals surface area contributed by atoms with Gasteiger partial charge in [-0.2, -0.15) is 0 Å². The number of phenolic OH excluding ortho intramolecular Hbond substituents is 1. The minimum Gasteiger partial charge on any atom is -0.506 e. The molecule has 5 nitrogen and oxygen atoms in total. The number of benzene rings is 2. The summed E-state index contributed by atoms with van der Waals surface area (Å²) in [5.74, 6) is -0.147. The zero-order valence-electron chi connectivity index (χ0n) is 9.37. The Balaban J connectivity index is 2.54. The van der Waals surface area contributed by atoms with Crippen LogP contribution in [-0.2, 0) is 9.84 Å². The maximum absolute atomic E-state index is 12.2. The van der Waals surface area contributed by atoms with Crippen molar-refractivity contribution >= 4 is 21.2 Å². The van der Waals surface area contributed by atoms with Crippen LogP contribution in [0.25, 0.3) is 0 Å². The van der Waals surface area contributed by atoms with Crippen LogP contribution < -0.4 is 11.5 Å². The predicted molar refractivity (Wildman–Crippen MR) is 68.8 cm³/mol. The minimum absolute atomic E-state index is 0.0199. The van der Waals surface area contributed by atoms with E-state index in [0.29, 0.717) is 5.69 Å². The molecule has 0 aliphatic carbocycles. The Hall–Kier alpha value is -2.21. The molecule has 0 amide bonds. The summed E-state index contributed by atoms with van der Waals surface area (Å²) in [5.41, 5.74) is 11.5. The molecular weight excluding hydrogens is 252 g/mol. The summed E-state index contributed by atoms with van der Waals surface area (Å²) in [5, 5.41) is 9.28. The quantitative estimate of drug-likeness (QED) is 0.561. The number of phenols is 1. The molecule has 0 saturated heterocycles. The van der Waals surface area contributed by atoms with Gasteiger partial charge in [0.15, 0.2) is 0 Å². The molecule has 2 aromatic rings. The highest BCUT2D eigenvalue weighted by Crippen LogP contribution is 2.27. The number of sulfone groups is 1. The van der Waals surface area contributed by atoms with E-state index in [9.17, 15) is 13.5 Å². The maximum atomic E-state index is 12.2. The summed E-state index contributed by atoms with van der Waals surface area (Å²) in [6.07, 6.45) is 0. The molecule has 0 spiro atoms. The molecule has 18 heavy (non-hydrogen) atoms. The lowest BCUT2D eigenvalue weighted by Gasteiger charge is -2.06. The topological polar surface area (TPSA) is 106 Å². The zero-order valence-corrected chi connectivity index (χ0v) is 10.2. The lowest BCUT2D eigenvalue weighted by molar-refractivity contribution is 0.477. The van der Waals surface area contributed by atoms with Gasteiger partial charge in [-0.1, -0.05) is 0 Å². The highest BCUT2D eigenvalue weighted by Gasteiger charge is 2.18. The number of aromatic hydroxyl groups is 1. The Labute approximate surface area is 105 Å². The number of anilines is 2. The molecule has 2 rings (SSSR count). The van der Waals surface area contributed by atoms with E-state index in [-0.39, 0.29) is 21.2 Å². The molecular formula is C12H12N2O3S. The van der Waals surface area contributed by atoms with Crippen LogP contribution in [0.2, 0.25) is 0 Å². The van der Waals surface area contributed by atoms with Crippen LogP contribution in [0.4, 0.5) is 11.4 Å². The van der Waals surface area contributed by atoms with Crippen molar-refractivity contribution in [2.45, 2.75) is 9.79 Å². The van der Waals surface area contributed by atoms with E-state index >= 15 is 0 Å². The molecule has 0 bridgehead atoms. The zero-order chi connectivity index (χ0) is 13.3. The first kappa shape index (κ1) is 12.3. The standard InChI is InChI=1S/C12H12N2O3S/c13-8-1-3-9(4-2-8)18(16,17)10-5-6-12(15)11(14)7-10/h1-7,15H,13-14H2. The second-order valence-electron chi connectivity index (χ2n) is 3.79. The molecule has 0 unspecified atom stereocenters. The molecule has 0 aliphatic heterocycles. The van der Waals surface area contributed by atoms with Gasteiger partial charge < -0.3 is 16.6 Å². The Bertz CT molecular complexity index is 679. The number of nitrogen functional groups attached to an aromatic ring is 2. The number of hydrogen-bond donors (Lipinski definition) is 3. The monoisotopic (exact) mass is 264 g/mol. The molecule has 0 aliphatic rings. The minimum atomic E-state index is -3.64.